The fraction of sp³-hybridized carbons (Fsp3) is 0.556. The number of ether oxygens (including phenoxy) is 3. The summed E-state index contributed by atoms with van der Waals surface area (Å²) in [5.74, 6) is 0.737. The minimum absolute atomic E-state index is 0.00468. The molecule has 0 radical (unpaired) electrons. The molecule has 3 rings (SSSR count). The van der Waals surface area contributed by atoms with Crippen LogP contribution in [-0.4, -0.2) is 50.0 Å². The van der Waals surface area contributed by atoms with Gasteiger partial charge in [0.2, 0.25) is 5.91 Å². The summed E-state index contributed by atoms with van der Waals surface area (Å²) in [6.45, 7) is 6.16. The van der Waals surface area contributed by atoms with Gasteiger partial charge in [0.05, 0.1) is 23.8 Å². The Bertz CT molecular complexity index is 978. The molecule has 0 aromatic heterocycles. The Balaban J connectivity index is 1.49. The number of rotatable bonds is 11. The van der Waals surface area contributed by atoms with Crippen LogP contribution in [0.15, 0.2) is 42.0 Å². The number of hydrogen-bond acceptors (Lipinski definition) is 5. The minimum Gasteiger partial charge on any atom is -0.495 e. The lowest BCUT2D eigenvalue weighted by molar-refractivity contribution is -0.120. The number of methoxy groups -OCH3 is 1. The van der Waals surface area contributed by atoms with Gasteiger partial charge >= 0.3 is 6.09 Å². The molecule has 7 nitrogen and oxygen atoms in total. The van der Waals surface area contributed by atoms with Crippen molar-refractivity contribution < 1.29 is 23.8 Å². The zero-order valence-corrected chi connectivity index (χ0v) is 22.0. The van der Waals surface area contributed by atoms with E-state index in [4.69, 9.17) is 25.8 Å². The van der Waals surface area contributed by atoms with Gasteiger partial charge in [-0.3, -0.25) is 4.79 Å². The average Bonchev–Trinajstić information content (AvgIpc) is 3.52. The van der Waals surface area contributed by atoms with E-state index in [1.54, 1.807) is 14.2 Å². The van der Waals surface area contributed by atoms with Crippen molar-refractivity contribution in [3.05, 3.63) is 52.6 Å². The molecule has 0 bridgehead atoms. The molecule has 0 aliphatic carbocycles. The van der Waals surface area contributed by atoms with E-state index >= 15 is 0 Å². The van der Waals surface area contributed by atoms with Crippen LogP contribution in [0.1, 0.15) is 52.0 Å². The number of carbonyl (C=O) groups is 2. The van der Waals surface area contributed by atoms with E-state index in [9.17, 15) is 9.59 Å². The monoisotopic (exact) mass is 504 g/mol. The molecule has 35 heavy (non-hydrogen) atoms. The second kappa shape index (κ2) is 12.0. The summed E-state index contributed by atoms with van der Waals surface area (Å²) >= 11 is 6.10. The van der Waals surface area contributed by atoms with Crippen LogP contribution in [0.25, 0.3) is 0 Å². The molecule has 2 unspecified atom stereocenters. The molecule has 1 aromatic rings. The molecule has 2 N–H and O–H groups in total. The molecular formula is C27H37ClN2O5. The lowest BCUT2D eigenvalue weighted by Crippen LogP contribution is -2.48. The van der Waals surface area contributed by atoms with Crippen molar-refractivity contribution in [3.63, 3.8) is 0 Å². The Morgan fingerprint density at radius 2 is 2.20 bits per heavy atom. The van der Waals surface area contributed by atoms with E-state index in [1.807, 2.05) is 31.2 Å². The van der Waals surface area contributed by atoms with Crippen LogP contribution in [-0.2, 0) is 20.7 Å². The van der Waals surface area contributed by atoms with Crippen LogP contribution < -0.4 is 15.4 Å². The van der Waals surface area contributed by atoms with Gasteiger partial charge in [-0.15, -0.1) is 0 Å². The fourth-order valence-electron chi connectivity index (χ4n) is 4.68. The van der Waals surface area contributed by atoms with Gasteiger partial charge in [0.25, 0.3) is 0 Å². The second-order valence-electron chi connectivity index (χ2n) is 9.73. The Labute approximate surface area is 213 Å². The van der Waals surface area contributed by atoms with Gasteiger partial charge in [-0.2, -0.15) is 0 Å². The van der Waals surface area contributed by atoms with Crippen molar-refractivity contribution in [1.82, 2.24) is 10.6 Å². The highest BCUT2D eigenvalue weighted by Gasteiger charge is 2.57. The van der Waals surface area contributed by atoms with E-state index in [1.165, 1.54) is 5.57 Å². The molecular weight excluding hydrogens is 468 g/mol. The second-order valence-corrected chi connectivity index (χ2v) is 10.1. The summed E-state index contributed by atoms with van der Waals surface area (Å²) in [7, 11) is 3.25. The van der Waals surface area contributed by atoms with E-state index in [2.05, 4.69) is 36.6 Å². The van der Waals surface area contributed by atoms with Crippen LogP contribution in [0, 0.1) is 5.92 Å². The summed E-state index contributed by atoms with van der Waals surface area (Å²) in [6.07, 6.45) is 8.88. The molecule has 8 heteroatoms. The number of carbonyl (C=O) groups excluding carboxylic acids is 2. The number of nitrogens with one attached hydrogen (secondary N) is 2. The maximum atomic E-state index is 12.2. The normalized spacial score (nSPS) is 27.2. The van der Waals surface area contributed by atoms with Crippen molar-refractivity contribution in [2.45, 2.75) is 76.7 Å². The topological polar surface area (TPSA) is 89.2 Å². The third-order valence-electron chi connectivity index (χ3n) is 6.87. The molecule has 192 valence electrons. The number of alkyl carbamates (subject to hydrolysis) is 1. The number of amides is 2. The predicted molar refractivity (Wildman–Crippen MR) is 137 cm³/mol. The van der Waals surface area contributed by atoms with E-state index in [0.717, 1.165) is 24.8 Å². The number of epoxide rings is 1. The number of benzene rings is 1. The standard InChI is InChI=1S/C27H37ClN2O5/c1-17(14-19-10-11-21(28)23(15-19)33-5)8-6-7-9-20-16-22(34-26(32)30-20)18(2)25-27(3,35-25)13-12-24(31)29-4/h6-8,10-11,15,18,20,22,25H,9,12-14,16H2,1-5H3,(H,29,31)(H,30,32)/b7-6+,17-8+/t18-,20?,22?,25+,27+/m1/s1. The SMILES string of the molecule is CNC(=O)CC[C@]1(C)O[C@H]1[C@H](C)C1CC(C/C=C/C=C(\C)Cc2ccc(Cl)c(OC)c2)NC(=O)O1. The maximum absolute atomic E-state index is 12.2. The number of hydrogen-bond donors (Lipinski definition) is 2. The van der Waals surface area contributed by atoms with E-state index in [0.29, 0.717) is 23.6 Å². The summed E-state index contributed by atoms with van der Waals surface area (Å²) in [5, 5.41) is 6.17. The lowest BCUT2D eigenvalue weighted by atomic mass is 9.86. The molecule has 2 fully saturated rings. The maximum Gasteiger partial charge on any atom is 0.407 e. The van der Waals surface area contributed by atoms with Gasteiger partial charge in [-0.1, -0.05) is 48.4 Å². The number of allylic oxidation sites excluding steroid dienone is 3. The van der Waals surface area contributed by atoms with Crippen molar-refractivity contribution >= 4 is 23.6 Å². The first kappa shape index (κ1) is 27.1. The van der Waals surface area contributed by atoms with Gasteiger partial charge in [-0.25, -0.2) is 4.79 Å². The highest BCUT2D eigenvalue weighted by molar-refractivity contribution is 6.32. The Morgan fingerprint density at radius 1 is 1.43 bits per heavy atom. The average molecular weight is 505 g/mol. The third kappa shape index (κ3) is 7.48. The molecule has 0 spiro atoms. The minimum atomic E-state index is -0.386. The van der Waals surface area contributed by atoms with Gasteiger partial charge in [-0.05, 0) is 50.8 Å². The first-order valence-electron chi connectivity index (χ1n) is 12.2. The molecule has 2 aliphatic heterocycles. The molecule has 2 heterocycles. The lowest BCUT2D eigenvalue weighted by Gasteiger charge is -2.33. The van der Waals surface area contributed by atoms with Crippen molar-refractivity contribution in [2.75, 3.05) is 14.2 Å². The zero-order valence-electron chi connectivity index (χ0n) is 21.2. The third-order valence-corrected chi connectivity index (χ3v) is 7.18. The Hall–Kier alpha value is -2.51. The van der Waals surface area contributed by atoms with E-state index in [-0.39, 0.29) is 41.8 Å². The smallest absolute Gasteiger partial charge is 0.407 e. The summed E-state index contributed by atoms with van der Waals surface area (Å²) in [4.78, 5) is 23.8. The predicted octanol–water partition coefficient (Wildman–Crippen LogP) is 4.97. The van der Waals surface area contributed by atoms with Gasteiger partial charge in [0.15, 0.2) is 0 Å². The fourth-order valence-corrected chi connectivity index (χ4v) is 4.87. The molecule has 0 saturated carbocycles. The van der Waals surface area contributed by atoms with Crippen LogP contribution in [0.3, 0.4) is 0 Å². The van der Waals surface area contributed by atoms with Crippen LogP contribution in [0.4, 0.5) is 4.79 Å². The molecule has 2 aliphatic rings. The summed E-state index contributed by atoms with van der Waals surface area (Å²) < 4.78 is 16.8. The van der Waals surface area contributed by atoms with Gasteiger partial charge in [0, 0.05) is 31.8 Å². The Morgan fingerprint density at radius 3 is 2.91 bits per heavy atom. The Kier molecular flexibility index (Phi) is 9.25. The van der Waals surface area contributed by atoms with Crippen molar-refractivity contribution in [1.29, 1.82) is 0 Å². The van der Waals surface area contributed by atoms with Crippen LogP contribution in [0.5, 0.6) is 5.75 Å². The van der Waals surface area contributed by atoms with Crippen LogP contribution in [0.2, 0.25) is 5.02 Å². The van der Waals surface area contributed by atoms with E-state index < -0.39 is 0 Å². The van der Waals surface area contributed by atoms with Crippen LogP contribution >= 0.6 is 11.6 Å². The van der Waals surface area contributed by atoms with Gasteiger partial charge in [0.1, 0.15) is 11.9 Å². The highest BCUT2D eigenvalue weighted by atomic mass is 35.5. The summed E-state index contributed by atoms with van der Waals surface area (Å²) in [6, 6.07) is 5.80. The highest BCUT2D eigenvalue weighted by Crippen LogP contribution is 2.46. The largest absolute Gasteiger partial charge is 0.495 e. The molecule has 1 aromatic carbocycles. The van der Waals surface area contributed by atoms with Crippen molar-refractivity contribution in [2.24, 2.45) is 5.92 Å². The van der Waals surface area contributed by atoms with Gasteiger partial charge < -0.3 is 24.8 Å². The zero-order chi connectivity index (χ0) is 25.6. The molecule has 2 saturated heterocycles. The first-order chi connectivity index (χ1) is 16.6. The number of halogens is 1. The quantitative estimate of drug-likeness (QED) is 0.328. The summed E-state index contributed by atoms with van der Waals surface area (Å²) in [5.41, 5.74) is 2.00. The number of cyclic esters (lactones) is 1. The molecule has 2 amide bonds. The van der Waals surface area contributed by atoms with Crippen molar-refractivity contribution in [3.8, 4) is 5.75 Å². The first-order valence-corrected chi connectivity index (χ1v) is 12.5. The molecule has 5 atom stereocenters.